The summed E-state index contributed by atoms with van der Waals surface area (Å²) in [6, 6.07) is 12.8. The third-order valence-corrected chi connectivity index (χ3v) is 4.95. The third kappa shape index (κ3) is 3.86. The van der Waals surface area contributed by atoms with E-state index in [9.17, 15) is 0 Å². The first-order chi connectivity index (χ1) is 11.1. The first-order valence-corrected chi connectivity index (χ1v) is 9.28. The SMILES string of the molecule is Cc1ccc(C=Nn2c(-c3cccs3)csc2=NC(C)C)cc1. The number of thiophene rings is 1. The molecule has 2 aromatic heterocycles. The number of aromatic nitrogens is 1. The zero-order valence-electron chi connectivity index (χ0n) is 13.4. The minimum absolute atomic E-state index is 0.241. The fraction of sp³-hybridized carbons (Fsp3) is 0.222. The molecule has 118 valence electrons. The van der Waals surface area contributed by atoms with Crippen LogP contribution >= 0.6 is 22.7 Å². The Bertz CT molecular complexity index is 851. The summed E-state index contributed by atoms with van der Waals surface area (Å²) >= 11 is 3.35. The van der Waals surface area contributed by atoms with Crippen molar-refractivity contribution < 1.29 is 0 Å². The highest BCUT2D eigenvalue weighted by molar-refractivity contribution is 7.14. The highest BCUT2D eigenvalue weighted by Crippen LogP contribution is 2.25. The van der Waals surface area contributed by atoms with Gasteiger partial charge in [-0.2, -0.15) is 5.10 Å². The lowest BCUT2D eigenvalue weighted by Crippen LogP contribution is -2.14. The van der Waals surface area contributed by atoms with E-state index in [0.717, 1.165) is 16.1 Å². The van der Waals surface area contributed by atoms with Gasteiger partial charge in [-0.25, -0.2) is 4.68 Å². The smallest absolute Gasteiger partial charge is 0.206 e. The monoisotopic (exact) mass is 341 g/mol. The molecule has 0 aliphatic carbocycles. The highest BCUT2D eigenvalue weighted by atomic mass is 32.1. The minimum atomic E-state index is 0.241. The van der Waals surface area contributed by atoms with Crippen molar-refractivity contribution in [3.63, 3.8) is 0 Å². The molecule has 5 heteroatoms. The molecule has 1 aromatic carbocycles. The Kier molecular flexibility index (Phi) is 4.88. The summed E-state index contributed by atoms with van der Waals surface area (Å²) in [4.78, 5) is 6.81. The van der Waals surface area contributed by atoms with Crippen LogP contribution in [-0.2, 0) is 0 Å². The van der Waals surface area contributed by atoms with Crippen LogP contribution in [-0.4, -0.2) is 16.9 Å². The predicted molar refractivity (Wildman–Crippen MR) is 100 cm³/mol. The van der Waals surface area contributed by atoms with Crippen molar-refractivity contribution in [3.8, 4) is 10.6 Å². The topological polar surface area (TPSA) is 29.6 Å². The predicted octanol–water partition coefficient (Wildman–Crippen LogP) is 4.78. The van der Waals surface area contributed by atoms with E-state index in [1.807, 2.05) is 10.9 Å². The summed E-state index contributed by atoms with van der Waals surface area (Å²) < 4.78 is 1.94. The molecular weight excluding hydrogens is 322 g/mol. The summed E-state index contributed by atoms with van der Waals surface area (Å²) in [5.74, 6) is 0. The lowest BCUT2D eigenvalue weighted by atomic mass is 10.2. The maximum absolute atomic E-state index is 4.69. The molecule has 0 N–H and O–H groups in total. The van der Waals surface area contributed by atoms with Crippen LogP contribution in [0.3, 0.4) is 0 Å². The van der Waals surface area contributed by atoms with Crippen LogP contribution < -0.4 is 4.80 Å². The second-order valence-corrected chi connectivity index (χ2v) is 7.35. The van der Waals surface area contributed by atoms with Gasteiger partial charge in [0, 0.05) is 11.4 Å². The minimum Gasteiger partial charge on any atom is -0.255 e. The molecule has 3 aromatic rings. The van der Waals surface area contributed by atoms with Crippen molar-refractivity contribution in [2.24, 2.45) is 10.1 Å². The van der Waals surface area contributed by atoms with Gasteiger partial charge in [0.15, 0.2) is 0 Å². The largest absolute Gasteiger partial charge is 0.255 e. The molecule has 23 heavy (non-hydrogen) atoms. The number of rotatable bonds is 4. The number of hydrogen-bond donors (Lipinski definition) is 0. The van der Waals surface area contributed by atoms with Crippen LogP contribution in [0, 0.1) is 6.92 Å². The molecule has 0 aliphatic heterocycles. The van der Waals surface area contributed by atoms with Crippen LogP contribution in [0.5, 0.6) is 0 Å². The lowest BCUT2D eigenvalue weighted by molar-refractivity contribution is 0.755. The fourth-order valence-electron chi connectivity index (χ4n) is 2.09. The summed E-state index contributed by atoms with van der Waals surface area (Å²) in [5, 5.41) is 8.90. The van der Waals surface area contributed by atoms with E-state index in [1.165, 1.54) is 10.4 Å². The molecule has 3 rings (SSSR count). The van der Waals surface area contributed by atoms with Crippen molar-refractivity contribution in [2.45, 2.75) is 26.8 Å². The molecule has 0 spiro atoms. The van der Waals surface area contributed by atoms with Crippen LogP contribution in [0.2, 0.25) is 0 Å². The Labute approximate surface area is 144 Å². The van der Waals surface area contributed by atoms with Gasteiger partial charge >= 0.3 is 0 Å². The van der Waals surface area contributed by atoms with Crippen LogP contribution in [0.1, 0.15) is 25.0 Å². The molecule has 0 saturated carbocycles. The average Bonchev–Trinajstić information content (AvgIpc) is 3.16. The maximum atomic E-state index is 4.69. The van der Waals surface area contributed by atoms with Gasteiger partial charge in [0.25, 0.3) is 0 Å². The number of thiazole rings is 1. The van der Waals surface area contributed by atoms with Gasteiger partial charge in [-0.15, -0.1) is 22.7 Å². The van der Waals surface area contributed by atoms with E-state index >= 15 is 0 Å². The number of nitrogens with zero attached hydrogens (tertiary/aromatic N) is 3. The molecule has 0 atom stereocenters. The van der Waals surface area contributed by atoms with Gasteiger partial charge in [0.1, 0.15) is 0 Å². The van der Waals surface area contributed by atoms with Crippen molar-refractivity contribution in [2.75, 3.05) is 0 Å². The van der Waals surface area contributed by atoms with Crippen molar-refractivity contribution in [3.05, 3.63) is 63.1 Å². The van der Waals surface area contributed by atoms with E-state index in [-0.39, 0.29) is 6.04 Å². The van der Waals surface area contributed by atoms with Crippen LogP contribution in [0.15, 0.2) is 57.3 Å². The Balaban J connectivity index is 2.05. The molecule has 0 fully saturated rings. The molecule has 2 heterocycles. The first kappa shape index (κ1) is 15.9. The lowest BCUT2D eigenvalue weighted by Gasteiger charge is -2.02. The van der Waals surface area contributed by atoms with Gasteiger partial charge in [-0.05, 0) is 37.8 Å². The maximum Gasteiger partial charge on any atom is 0.206 e. The van der Waals surface area contributed by atoms with Crippen LogP contribution in [0.4, 0.5) is 0 Å². The molecule has 0 saturated heterocycles. The van der Waals surface area contributed by atoms with Gasteiger partial charge in [0.05, 0.1) is 16.8 Å². The van der Waals surface area contributed by atoms with E-state index < -0.39 is 0 Å². The molecule has 0 bridgehead atoms. The van der Waals surface area contributed by atoms with E-state index in [1.54, 1.807) is 22.7 Å². The molecular formula is C18H19N3S2. The Morgan fingerprint density at radius 1 is 1.09 bits per heavy atom. The standard InChI is InChI=1S/C18H19N3S2/c1-13(2)20-18-21(16(12-23-18)17-5-4-10-22-17)19-11-15-8-6-14(3)7-9-15/h4-13H,1-3H3. The van der Waals surface area contributed by atoms with Gasteiger partial charge in [-0.3, -0.25) is 4.99 Å². The molecule has 0 radical (unpaired) electrons. The molecule has 3 nitrogen and oxygen atoms in total. The summed E-state index contributed by atoms with van der Waals surface area (Å²) in [6.45, 7) is 6.25. The summed E-state index contributed by atoms with van der Waals surface area (Å²) in [6.07, 6.45) is 1.89. The number of aryl methyl sites for hydroxylation is 1. The van der Waals surface area contributed by atoms with E-state index in [2.05, 4.69) is 72.9 Å². The second kappa shape index (κ2) is 7.06. The van der Waals surface area contributed by atoms with Crippen LogP contribution in [0.25, 0.3) is 10.6 Å². The fourth-order valence-corrected chi connectivity index (χ4v) is 3.86. The second-order valence-electron chi connectivity index (χ2n) is 5.57. The zero-order chi connectivity index (χ0) is 16.2. The Hall–Kier alpha value is -1.98. The van der Waals surface area contributed by atoms with E-state index in [4.69, 9.17) is 5.10 Å². The quantitative estimate of drug-likeness (QED) is 0.612. The summed E-state index contributed by atoms with van der Waals surface area (Å²) in [7, 11) is 0. The van der Waals surface area contributed by atoms with E-state index in [0.29, 0.717) is 0 Å². The molecule has 0 aliphatic rings. The van der Waals surface area contributed by atoms with Gasteiger partial charge < -0.3 is 0 Å². The highest BCUT2D eigenvalue weighted by Gasteiger charge is 2.08. The first-order valence-electron chi connectivity index (χ1n) is 7.53. The van der Waals surface area contributed by atoms with Gasteiger partial charge in [-0.1, -0.05) is 35.9 Å². The number of benzene rings is 1. The third-order valence-electron chi connectivity index (χ3n) is 3.23. The molecule has 0 unspecified atom stereocenters. The normalized spacial score (nSPS) is 12.6. The van der Waals surface area contributed by atoms with Crippen molar-refractivity contribution in [1.29, 1.82) is 0 Å². The van der Waals surface area contributed by atoms with Crippen molar-refractivity contribution in [1.82, 2.24) is 4.68 Å². The Morgan fingerprint density at radius 2 is 1.87 bits per heavy atom. The zero-order valence-corrected chi connectivity index (χ0v) is 15.1. The molecule has 0 amide bonds. The van der Waals surface area contributed by atoms with Crippen molar-refractivity contribution >= 4 is 28.9 Å². The van der Waals surface area contributed by atoms with Gasteiger partial charge in [0.2, 0.25) is 4.80 Å². The Morgan fingerprint density at radius 3 is 2.52 bits per heavy atom. The number of hydrogen-bond acceptors (Lipinski definition) is 4. The summed E-state index contributed by atoms with van der Waals surface area (Å²) in [5.41, 5.74) is 3.43. The average molecular weight is 342 g/mol.